The Morgan fingerprint density at radius 3 is 2.19 bits per heavy atom. The van der Waals surface area contributed by atoms with E-state index in [-0.39, 0.29) is 23.8 Å². The van der Waals surface area contributed by atoms with Crippen molar-refractivity contribution < 1.29 is 23.9 Å². The van der Waals surface area contributed by atoms with Crippen LogP contribution >= 0.6 is 0 Å². The first kappa shape index (κ1) is 27.0. The molecule has 2 N–H and O–H groups in total. The fourth-order valence-electron chi connectivity index (χ4n) is 4.06. The van der Waals surface area contributed by atoms with Gasteiger partial charge in [0, 0.05) is 32.0 Å². The van der Waals surface area contributed by atoms with E-state index in [1.807, 2.05) is 75.4 Å². The van der Waals surface area contributed by atoms with Crippen LogP contribution in [0.15, 0.2) is 54.6 Å². The van der Waals surface area contributed by atoms with E-state index in [2.05, 4.69) is 10.6 Å². The first-order valence-corrected chi connectivity index (χ1v) is 12.4. The van der Waals surface area contributed by atoms with Gasteiger partial charge in [-0.1, -0.05) is 42.5 Å². The van der Waals surface area contributed by atoms with Crippen LogP contribution in [0.25, 0.3) is 0 Å². The molecule has 1 atom stereocenters. The molecule has 0 saturated carbocycles. The summed E-state index contributed by atoms with van der Waals surface area (Å²) in [5.74, 6) is 0.0712. The van der Waals surface area contributed by atoms with Crippen LogP contribution < -0.4 is 15.4 Å². The summed E-state index contributed by atoms with van der Waals surface area (Å²) in [4.78, 5) is 40.2. The SMILES string of the molecule is COc1ccc(CNC(=O)[C@H](Cc2ccccc2)NC(=O)C2CCN(C(=O)OC(C)(C)C)CC2)cc1. The summed E-state index contributed by atoms with van der Waals surface area (Å²) < 4.78 is 10.6. The van der Waals surface area contributed by atoms with E-state index in [1.54, 1.807) is 12.0 Å². The first-order chi connectivity index (χ1) is 17.1. The van der Waals surface area contributed by atoms with Gasteiger partial charge in [-0.25, -0.2) is 4.79 Å². The van der Waals surface area contributed by atoms with E-state index in [4.69, 9.17) is 9.47 Å². The van der Waals surface area contributed by atoms with Gasteiger partial charge in [-0.2, -0.15) is 0 Å². The number of methoxy groups -OCH3 is 1. The summed E-state index contributed by atoms with van der Waals surface area (Å²) in [6, 6.07) is 16.4. The smallest absolute Gasteiger partial charge is 0.410 e. The van der Waals surface area contributed by atoms with Crippen LogP contribution in [0.2, 0.25) is 0 Å². The van der Waals surface area contributed by atoms with Crippen molar-refractivity contribution in [2.24, 2.45) is 5.92 Å². The third-order valence-corrected chi connectivity index (χ3v) is 6.06. The van der Waals surface area contributed by atoms with Crippen LogP contribution in [0.4, 0.5) is 4.79 Å². The van der Waals surface area contributed by atoms with Crippen molar-refractivity contribution in [3.8, 4) is 5.75 Å². The molecule has 1 saturated heterocycles. The molecule has 8 nitrogen and oxygen atoms in total. The fourth-order valence-corrected chi connectivity index (χ4v) is 4.06. The number of hydrogen-bond donors (Lipinski definition) is 2. The van der Waals surface area contributed by atoms with Gasteiger partial charge < -0.3 is 25.0 Å². The predicted octanol–water partition coefficient (Wildman–Crippen LogP) is 3.69. The maximum Gasteiger partial charge on any atom is 0.410 e. The molecule has 0 bridgehead atoms. The van der Waals surface area contributed by atoms with Gasteiger partial charge in [0.2, 0.25) is 11.8 Å². The number of benzene rings is 2. The second-order valence-electron chi connectivity index (χ2n) is 10.1. The lowest BCUT2D eigenvalue weighted by atomic mass is 9.95. The lowest BCUT2D eigenvalue weighted by Gasteiger charge is -2.33. The summed E-state index contributed by atoms with van der Waals surface area (Å²) in [6.07, 6.45) is 1.08. The fraction of sp³-hybridized carbons (Fsp3) is 0.464. The number of likely N-dealkylation sites (tertiary alicyclic amines) is 1. The molecule has 36 heavy (non-hydrogen) atoms. The van der Waals surface area contributed by atoms with Crippen LogP contribution in [0.3, 0.4) is 0 Å². The second kappa shape index (κ2) is 12.4. The minimum absolute atomic E-state index is 0.167. The van der Waals surface area contributed by atoms with Crippen LogP contribution in [0.1, 0.15) is 44.7 Å². The third kappa shape index (κ3) is 8.29. The molecular weight excluding hydrogens is 458 g/mol. The molecule has 3 rings (SSSR count). The van der Waals surface area contributed by atoms with Gasteiger partial charge in [-0.15, -0.1) is 0 Å². The molecule has 3 amide bonds. The molecule has 8 heteroatoms. The summed E-state index contributed by atoms with van der Waals surface area (Å²) in [7, 11) is 1.61. The van der Waals surface area contributed by atoms with E-state index in [9.17, 15) is 14.4 Å². The Bertz CT molecular complexity index is 1010. The number of carbonyl (C=O) groups is 3. The quantitative estimate of drug-likeness (QED) is 0.582. The van der Waals surface area contributed by atoms with E-state index < -0.39 is 11.6 Å². The summed E-state index contributed by atoms with van der Waals surface area (Å²) >= 11 is 0. The number of ether oxygens (including phenoxy) is 2. The normalized spacial score (nSPS) is 15.1. The minimum Gasteiger partial charge on any atom is -0.497 e. The van der Waals surface area contributed by atoms with Crippen molar-refractivity contribution in [1.29, 1.82) is 0 Å². The molecule has 194 valence electrons. The van der Waals surface area contributed by atoms with E-state index in [1.165, 1.54) is 0 Å². The van der Waals surface area contributed by atoms with Crippen molar-refractivity contribution in [3.05, 3.63) is 65.7 Å². The molecule has 0 aliphatic carbocycles. The average Bonchev–Trinajstić information content (AvgIpc) is 2.87. The number of amides is 3. The Hall–Kier alpha value is -3.55. The van der Waals surface area contributed by atoms with Crippen molar-refractivity contribution in [2.45, 2.75) is 58.2 Å². The van der Waals surface area contributed by atoms with Crippen molar-refractivity contribution in [2.75, 3.05) is 20.2 Å². The summed E-state index contributed by atoms with van der Waals surface area (Å²) in [5.41, 5.74) is 1.33. The number of hydrogen-bond acceptors (Lipinski definition) is 5. The number of nitrogens with one attached hydrogen (secondary N) is 2. The zero-order valence-electron chi connectivity index (χ0n) is 21.6. The third-order valence-electron chi connectivity index (χ3n) is 6.06. The number of rotatable bonds is 8. The lowest BCUT2D eigenvalue weighted by molar-refractivity contribution is -0.132. The van der Waals surface area contributed by atoms with Gasteiger partial charge >= 0.3 is 6.09 Å². The highest BCUT2D eigenvalue weighted by molar-refractivity contribution is 5.88. The monoisotopic (exact) mass is 495 g/mol. The van der Waals surface area contributed by atoms with Gasteiger partial charge in [0.25, 0.3) is 0 Å². The van der Waals surface area contributed by atoms with Gasteiger partial charge in [0.15, 0.2) is 0 Å². The van der Waals surface area contributed by atoms with Crippen molar-refractivity contribution >= 4 is 17.9 Å². The lowest BCUT2D eigenvalue weighted by Crippen LogP contribution is -2.51. The van der Waals surface area contributed by atoms with Gasteiger partial charge in [-0.3, -0.25) is 9.59 Å². The molecule has 0 aromatic heterocycles. The molecule has 1 fully saturated rings. The highest BCUT2D eigenvalue weighted by atomic mass is 16.6. The molecule has 0 spiro atoms. The predicted molar refractivity (Wildman–Crippen MR) is 137 cm³/mol. The second-order valence-corrected chi connectivity index (χ2v) is 10.1. The Kier molecular flexibility index (Phi) is 9.33. The number of nitrogens with zero attached hydrogens (tertiary/aromatic N) is 1. The average molecular weight is 496 g/mol. The topological polar surface area (TPSA) is 97.0 Å². The molecule has 2 aromatic rings. The highest BCUT2D eigenvalue weighted by Crippen LogP contribution is 2.20. The van der Waals surface area contributed by atoms with Crippen LogP contribution in [-0.4, -0.2) is 54.6 Å². The Morgan fingerprint density at radius 1 is 0.972 bits per heavy atom. The van der Waals surface area contributed by atoms with Crippen molar-refractivity contribution in [3.63, 3.8) is 0 Å². The molecular formula is C28H37N3O5. The summed E-state index contributed by atoms with van der Waals surface area (Å²) in [5, 5.41) is 5.91. The zero-order chi connectivity index (χ0) is 26.1. The largest absolute Gasteiger partial charge is 0.497 e. The van der Waals surface area contributed by atoms with E-state index in [0.29, 0.717) is 38.9 Å². The highest BCUT2D eigenvalue weighted by Gasteiger charge is 2.32. The zero-order valence-corrected chi connectivity index (χ0v) is 21.6. The first-order valence-electron chi connectivity index (χ1n) is 12.4. The molecule has 1 aliphatic heterocycles. The number of piperidine rings is 1. The van der Waals surface area contributed by atoms with Gasteiger partial charge in [-0.05, 0) is 56.9 Å². The van der Waals surface area contributed by atoms with Crippen LogP contribution in [0.5, 0.6) is 5.75 Å². The number of carbonyl (C=O) groups excluding carboxylic acids is 3. The van der Waals surface area contributed by atoms with Gasteiger partial charge in [0.1, 0.15) is 17.4 Å². The molecule has 1 heterocycles. The van der Waals surface area contributed by atoms with E-state index in [0.717, 1.165) is 16.9 Å². The van der Waals surface area contributed by atoms with Crippen molar-refractivity contribution in [1.82, 2.24) is 15.5 Å². The molecule has 1 aliphatic rings. The standard InChI is InChI=1S/C28H37N3O5/c1-28(2,3)36-27(34)31-16-14-22(15-17-31)25(32)30-24(18-20-8-6-5-7-9-20)26(33)29-19-21-10-12-23(35-4)13-11-21/h5-13,22,24H,14-19H2,1-4H3,(H,29,33)(H,30,32)/t24-/m0/s1. The van der Waals surface area contributed by atoms with Gasteiger partial charge in [0.05, 0.1) is 7.11 Å². The Morgan fingerprint density at radius 2 is 1.61 bits per heavy atom. The van der Waals surface area contributed by atoms with Crippen LogP contribution in [0, 0.1) is 5.92 Å². The maximum absolute atomic E-state index is 13.1. The Balaban J connectivity index is 1.59. The molecule has 0 radical (unpaired) electrons. The Labute approximate surface area is 213 Å². The maximum atomic E-state index is 13.1. The summed E-state index contributed by atoms with van der Waals surface area (Å²) in [6.45, 7) is 6.73. The van der Waals surface area contributed by atoms with Crippen LogP contribution in [-0.2, 0) is 27.3 Å². The van der Waals surface area contributed by atoms with E-state index >= 15 is 0 Å². The molecule has 2 aromatic carbocycles. The molecule has 0 unspecified atom stereocenters. The minimum atomic E-state index is -0.706.